The summed E-state index contributed by atoms with van der Waals surface area (Å²) in [6, 6.07) is 8.75. The van der Waals surface area contributed by atoms with E-state index in [-0.39, 0.29) is 19.3 Å². The number of oxime groups is 1. The number of nitrogens with zero attached hydrogens (tertiary/aromatic N) is 1. The second-order valence-corrected chi connectivity index (χ2v) is 7.22. The molecule has 0 aliphatic carbocycles. The minimum absolute atomic E-state index is 0.178. The normalized spacial score (nSPS) is 14.3. The molecule has 0 aliphatic heterocycles. The highest BCUT2D eigenvalue weighted by Crippen LogP contribution is 2.43. The molecule has 0 aliphatic rings. The zero-order chi connectivity index (χ0) is 17.8. The van der Waals surface area contributed by atoms with E-state index >= 15 is 0 Å². The Morgan fingerprint density at radius 3 is 2.71 bits per heavy atom. The van der Waals surface area contributed by atoms with Gasteiger partial charge in [-0.1, -0.05) is 29.4 Å². The first-order valence-electron chi connectivity index (χ1n) is 7.57. The number of carbonyl (C=O) groups is 1. The second kappa shape index (κ2) is 10.6. The number of ether oxygens (including phenoxy) is 1. The number of esters is 1. The number of carbonyl (C=O) groups excluding carboxylic acids is 1. The van der Waals surface area contributed by atoms with Gasteiger partial charge in [-0.2, -0.15) is 0 Å². The largest absolute Gasteiger partial charge is 0.465 e. The number of nitrogens with one attached hydrogen (secondary N) is 1. The van der Waals surface area contributed by atoms with Crippen LogP contribution in [0.25, 0.3) is 0 Å². The van der Waals surface area contributed by atoms with Crippen LogP contribution >= 0.6 is 7.52 Å². The van der Waals surface area contributed by atoms with Crippen LogP contribution < -0.4 is 9.61 Å². The van der Waals surface area contributed by atoms with E-state index in [1.54, 1.807) is 44.2 Å². The van der Waals surface area contributed by atoms with Crippen LogP contribution in [0.1, 0.15) is 20.3 Å². The van der Waals surface area contributed by atoms with Gasteiger partial charge in [-0.15, -0.1) is 0 Å². The van der Waals surface area contributed by atoms with E-state index < -0.39 is 13.5 Å². The van der Waals surface area contributed by atoms with Gasteiger partial charge in [0.2, 0.25) is 0 Å². The number of hydrogen-bond donors (Lipinski definition) is 2. The van der Waals surface area contributed by atoms with Crippen molar-refractivity contribution in [2.75, 3.05) is 19.3 Å². The summed E-state index contributed by atoms with van der Waals surface area (Å²) in [7, 11) is -3.30. The number of rotatable bonds is 10. The molecular weight excluding hydrogens is 331 g/mol. The van der Waals surface area contributed by atoms with Gasteiger partial charge in [0.05, 0.1) is 19.0 Å². The molecule has 0 bridgehead atoms. The zero-order valence-electron chi connectivity index (χ0n) is 13.8. The van der Waals surface area contributed by atoms with E-state index in [1.165, 1.54) is 6.21 Å². The van der Waals surface area contributed by atoms with Crippen molar-refractivity contribution >= 4 is 19.7 Å². The summed E-state index contributed by atoms with van der Waals surface area (Å²) in [6.07, 6.45) is 3.66. The number of hydrogen-bond acceptors (Lipinski definition) is 6. The lowest BCUT2D eigenvalue weighted by molar-refractivity contribution is -0.141. The summed E-state index contributed by atoms with van der Waals surface area (Å²) in [6.45, 7) is 3.52. The van der Waals surface area contributed by atoms with Crippen molar-refractivity contribution in [3.63, 3.8) is 0 Å². The maximum Gasteiger partial charge on any atom is 0.320 e. The van der Waals surface area contributed by atoms with E-state index in [4.69, 9.17) is 14.5 Å². The van der Waals surface area contributed by atoms with Crippen LogP contribution in [0.3, 0.4) is 0 Å². The molecule has 1 rings (SSSR count). The van der Waals surface area contributed by atoms with Gasteiger partial charge in [-0.25, -0.2) is 5.09 Å². The average Bonchev–Trinajstić information content (AvgIpc) is 2.55. The lowest BCUT2D eigenvalue weighted by Crippen LogP contribution is -2.25. The van der Waals surface area contributed by atoms with Crippen molar-refractivity contribution in [3.8, 4) is 5.75 Å². The van der Waals surface area contributed by atoms with Crippen LogP contribution in [0, 0.1) is 0 Å². The Labute approximate surface area is 141 Å². The second-order valence-electron chi connectivity index (χ2n) is 4.92. The molecule has 24 heavy (non-hydrogen) atoms. The van der Waals surface area contributed by atoms with Crippen molar-refractivity contribution in [2.45, 2.75) is 20.3 Å². The molecule has 0 heterocycles. The Balaban J connectivity index is 2.75. The number of benzene rings is 1. The van der Waals surface area contributed by atoms with E-state index in [1.807, 2.05) is 6.07 Å². The lowest BCUT2D eigenvalue weighted by Gasteiger charge is -2.19. The third-order valence-electron chi connectivity index (χ3n) is 2.92. The zero-order valence-corrected chi connectivity index (χ0v) is 14.7. The van der Waals surface area contributed by atoms with Gasteiger partial charge in [0.25, 0.3) is 0 Å². The Bertz CT molecular complexity index is 616. The Hall–Kier alpha value is -2.11. The molecule has 132 valence electrons. The van der Waals surface area contributed by atoms with Crippen LogP contribution in [0.2, 0.25) is 0 Å². The summed E-state index contributed by atoms with van der Waals surface area (Å²) in [4.78, 5) is 11.5. The third kappa shape index (κ3) is 7.94. The molecule has 0 fully saturated rings. The van der Waals surface area contributed by atoms with Gasteiger partial charge >= 0.3 is 13.5 Å². The fourth-order valence-corrected chi connectivity index (χ4v) is 3.43. The Morgan fingerprint density at radius 2 is 2.08 bits per heavy atom. The highest BCUT2D eigenvalue weighted by molar-refractivity contribution is 7.57. The molecule has 0 spiro atoms. The quantitative estimate of drug-likeness (QED) is 0.220. The fourth-order valence-electron chi connectivity index (χ4n) is 1.81. The molecular formula is C16H23N2O5P. The highest BCUT2D eigenvalue weighted by atomic mass is 31.2. The topological polar surface area (TPSA) is 97.2 Å². The standard InChI is InChI=1S/C16H23N2O5P/c1-3-22-16(19)13-18-24(21,11-7-8-14(2)12-17-20)23-15-9-5-4-6-10-15/h4-6,8-10,12,20H,3,7,11,13H2,1-2H3,(H,18,21)/b14-8+,17-12+. The molecule has 0 radical (unpaired) electrons. The fraction of sp³-hybridized carbons (Fsp3) is 0.375. The first-order valence-corrected chi connectivity index (χ1v) is 9.38. The number of allylic oxidation sites excluding steroid dienone is 2. The molecule has 0 saturated heterocycles. The predicted molar refractivity (Wildman–Crippen MR) is 92.8 cm³/mol. The van der Waals surface area contributed by atoms with Crippen LogP contribution in [-0.2, 0) is 14.1 Å². The Morgan fingerprint density at radius 1 is 1.38 bits per heavy atom. The predicted octanol–water partition coefficient (Wildman–Crippen LogP) is 3.21. The smallest absolute Gasteiger partial charge is 0.320 e. The van der Waals surface area contributed by atoms with E-state index in [2.05, 4.69) is 10.2 Å². The summed E-state index contributed by atoms with van der Waals surface area (Å²) >= 11 is 0. The lowest BCUT2D eigenvalue weighted by atomic mass is 10.3. The molecule has 7 nitrogen and oxygen atoms in total. The summed E-state index contributed by atoms with van der Waals surface area (Å²) in [5.41, 5.74) is 0.731. The maximum absolute atomic E-state index is 13.0. The first-order chi connectivity index (χ1) is 11.5. The summed E-state index contributed by atoms with van der Waals surface area (Å²) in [5.74, 6) is -0.0386. The molecule has 1 aromatic carbocycles. The SMILES string of the molecule is CCOC(=O)CNP(=O)(CC/C=C(C)/C=N/O)Oc1ccccc1. The van der Waals surface area contributed by atoms with Crippen LogP contribution in [-0.4, -0.2) is 36.7 Å². The van der Waals surface area contributed by atoms with Gasteiger partial charge in [0.15, 0.2) is 0 Å². The molecule has 2 N–H and O–H groups in total. The van der Waals surface area contributed by atoms with Crippen molar-refractivity contribution in [3.05, 3.63) is 42.0 Å². The first kappa shape index (κ1) is 19.9. The van der Waals surface area contributed by atoms with E-state index in [0.717, 1.165) is 5.57 Å². The van der Waals surface area contributed by atoms with Crippen molar-refractivity contribution < 1.29 is 23.8 Å². The Kier molecular flexibility index (Phi) is 8.83. The van der Waals surface area contributed by atoms with Crippen LogP contribution in [0.4, 0.5) is 0 Å². The highest BCUT2D eigenvalue weighted by Gasteiger charge is 2.25. The van der Waals surface area contributed by atoms with Crippen LogP contribution in [0.15, 0.2) is 47.1 Å². The van der Waals surface area contributed by atoms with Crippen molar-refractivity contribution in [1.82, 2.24) is 5.09 Å². The van der Waals surface area contributed by atoms with Gasteiger partial charge in [0.1, 0.15) is 12.3 Å². The molecule has 0 saturated carbocycles. The third-order valence-corrected chi connectivity index (χ3v) is 4.91. The van der Waals surface area contributed by atoms with E-state index in [0.29, 0.717) is 12.2 Å². The van der Waals surface area contributed by atoms with Crippen molar-refractivity contribution in [2.24, 2.45) is 5.16 Å². The molecule has 1 unspecified atom stereocenters. The van der Waals surface area contributed by atoms with Gasteiger partial charge in [-0.05, 0) is 38.0 Å². The van der Waals surface area contributed by atoms with Gasteiger partial charge < -0.3 is 14.5 Å². The average molecular weight is 354 g/mol. The molecule has 1 aromatic rings. The summed E-state index contributed by atoms with van der Waals surface area (Å²) in [5, 5.41) is 14.1. The maximum atomic E-state index is 13.0. The molecule has 1 atom stereocenters. The van der Waals surface area contributed by atoms with Crippen molar-refractivity contribution in [1.29, 1.82) is 0 Å². The monoisotopic (exact) mass is 354 g/mol. The molecule has 0 amide bonds. The molecule has 8 heteroatoms. The number of para-hydroxylation sites is 1. The van der Waals surface area contributed by atoms with Crippen LogP contribution in [0.5, 0.6) is 5.75 Å². The van der Waals surface area contributed by atoms with Gasteiger partial charge in [0, 0.05) is 0 Å². The van der Waals surface area contributed by atoms with E-state index in [9.17, 15) is 9.36 Å². The molecule has 0 aromatic heterocycles. The minimum Gasteiger partial charge on any atom is -0.465 e. The summed E-state index contributed by atoms with van der Waals surface area (Å²) < 4.78 is 23.4. The minimum atomic E-state index is -3.30. The van der Waals surface area contributed by atoms with Gasteiger partial charge in [-0.3, -0.25) is 9.36 Å².